The van der Waals surface area contributed by atoms with Crippen LogP contribution in [-0.2, 0) is 9.59 Å². The average molecular weight is 269 g/mol. The number of hydrazone groups is 1. The van der Waals surface area contributed by atoms with E-state index in [2.05, 4.69) is 28.8 Å². The number of fused-ring (bicyclic) bond motifs is 2. The number of nitrogens with zero attached hydrogens (tertiary/aromatic N) is 1. The quantitative estimate of drug-likeness (QED) is 0.813. The van der Waals surface area contributed by atoms with E-state index in [1.807, 2.05) is 12.1 Å². The minimum atomic E-state index is 0.0392. The van der Waals surface area contributed by atoms with Gasteiger partial charge in [-0.25, -0.2) is 5.43 Å². The van der Waals surface area contributed by atoms with Crippen molar-refractivity contribution in [2.45, 2.75) is 25.7 Å². The molecule has 5 nitrogen and oxygen atoms in total. The SMILES string of the molecule is CC1CC(=O)Nc2ccc(C3=NNC(=O)C4CC34)cc21. The van der Waals surface area contributed by atoms with Gasteiger partial charge < -0.3 is 5.32 Å². The molecule has 0 radical (unpaired) electrons. The number of rotatable bonds is 1. The highest BCUT2D eigenvalue weighted by Crippen LogP contribution is 2.44. The predicted octanol–water partition coefficient (Wildman–Crippen LogP) is 1.60. The number of carbonyl (C=O) groups excluding carboxylic acids is 2. The van der Waals surface area contributed by atoms with E-state index < -0.39 is 0 Å². The van der Waals surface area contributed by atoms with Gasteiger partial charge in [0.1, 0.15) is 0 Å². The number of amides is 2. The lowest BCUT2D eigenvalue weighted by atomic mass is 9.89. The van der Waals surface area contributed by atoms with Crippen molar-refractivity contribution in [2.75, 3.05) is 5.32 Å². The van der Waals surface area contributed by atoms with Gasteiger partial charge in [0.05, 0.1) is 5.71 Å². The molecule has 5 heteroatoms. The van der Waals surface area contributed by atoms with Crippen molar-refractivity contribution < 1.29 is 9.59 Å². The van der Waals surface area contributed by atoms with Crippen LogP contribution in [-0.4, -0.2) is 17.5 Å². The largest absolute Gasteiger partial charge is 0.326 e. The molecule has 3 atom stereocenters. The molecule has 2 heterocycles. The predicted molar refractivity (Wildman–Crippen MR) is 74.4 cm³/mol. The number of anilines is 1. The maximum Gasteiger partial charge on any atom is 0.243 e. The van der Waals surface area contributed by atoms with E-state index in [4.69, 9.17) is 0 Å². The van der Waals surface area contributed by atoms with Gasteiger partial charge in [-0.3, -0.25) is 9.59 Å². The van der Waals surface area contributed by atoms with Crippen LogP contribution in [0.5, 0.6) is 0 Å². The van der Waals surface area contributed by atoms with Crippen LogP contribution in [0.1, 0.15) is 36.8 Å². The third kappa shape index (κ3) is 1.66. The van der Waals surface area contributed by atoms with E-state index >= 15 is 0 Å². The molecule has 1 aromatic carbocycles. The maximum absolute atomic E-state index is 11.5. The van der Waals surface area contributed by atoms with Crippen LogP contribution < -0.4 is 10.7 Å². The summed E-state index contributed by atoms with van der Waals surface area (Å²) in [5.74, 6) is 0.707. The van der Waals surface area contributed by atoms with Crippen LogP contribution in [0.3, 0.4) is 0 Å². The summed E-state index contributed by atoms with van der Waals surface area (Å²) in [6, 6.07) is 6.02. The highest BCUT2D eigenvalue weighted by Gasteiger charge is 2.49. The molecule has 0 saturated heterocycles. The Hall–Kier alpha value is -2.17. The lowest BCUT2D eigenvalue weighted by Gasteiger charge is -2.24. The zero-order chi connectivity index (χ0) is 13.9. The van der Waals surface area contributed by atoms with Crippen molar-refractivity contribution in [2.24, 2.45) is 16.9 Å². The summed E-state index contributed by atoms with van der Waals surface area (Å²) in [5, 5.41) is 7.12. The Bertz CT molecular complexity index is 665. The van der Waals surface area contributed by atoms with E-state index in [1.165, 1.54) is 0 Å². The minimum absolute atomic E-state index is 0.0392. The Kier molecular flexibility index (Phi) is 2.28. The molecule has 2 aliphatic heterocycles. The van der Waals surface area contributed by atoms with Gasteiger partial charge in [0.25, 0.3) is 0 Å². The zero-order valence-electron chi connectivity index (χ0n) is 11.1. The van der Waals surface area contributed by atoms with Crippen molar-refractivity contribution in [1.29, 1.82) is 0 Å². The van der Waals surface area contributed by atoms with Crippen molar-refractivity contribution in [3.05, 3.63) is 29.3 Å². The highest BCUT2D eigenvalue weighted by molar-refractivity contribution is 6.10. The molecule has 1 aromatic rings. The van der Waals surface area contributed by atoms with Gasteiger partial charge in [-0.05, 0) is 35.6 Å². The molecule has 2 amide bonds. The number of nitrogens with one attached hydrogen (secondary N) is 2. The molecule has 0 spiro atoms. The fourth-order valence-electron chi connectivity index (χ4n) is 3.18. The second kappa shape index (κ2) is 3.91. The molecule has 1 fully saturated rings. The second-order valence-corrected chi connectivity index (χ2v) is 5.88. The number of hydrogen-bond acceptors (Lipinski definition) is 3. The first-order valence-electron chi connectivity index (χ1n) is 6.95. The maximum atomic E-state index is 11.5. The Morgan fingerprint density at radius 2 is 2.10 bits per heavy atom. The fourth-order valence-corrected chi connectivity index (χ4v) is 3.18. The molecular formula is C15H15N3O2. The third-order valence-corrected chi connectivity index (χ3v) is 4.41. The van der Waals surface area contributed by atoms with Crippen LogP contribution in [0.2, 0.25) is 0 Å². The number of carbonyl (C=O) groups is 2. The van der Waals surface area contributed by atoms with E-state index in [1.54, 1.807) is 0 Å². The van der Waals surface area contributed by atoms with E-state index in [-0.39, 0.29) is 29.6 Å². The Morgan fingerprint density at radius 1 is 1.25 bits per heavy atom. The first-order chi connectivity index (χ1) is 9.63. The van der Waals surface area contributed by atoms with E-state index in [0.717, 1.165) is 28.9 Å². The van der Waals surface area contributed by atoms with Crippen LogP contribution >= 0.6 is 0 Å². The van der Waals surface area contributed by atoms with Crippen molar-refractivity contribution in [3.63, 3.8) is 0 Å². The van der Waals surface area contributed by atoms with Gasteiger partial charge >= 0.3 is 0 Å². The molecular weight excluding hydrogens is 254 g/mol. The molecule has 4 rings (SSSR count). The number of benzene rings is 1. The van der Waals surface area contributed by atoms with Crippen molar-refractivity contribution in [1.82, 2.24) is 5.43 Å². The van der Waals surface area contributed by atoms with Gasteiger partial charge in [-0.1, -0.05) is 13.0 Å². The summed E-state index contributed by atoms with van der Waals surface area (Å²) in [6.45, 7) is 2.06. The summed E-state index contributed by atoms with van der Waals surface area (Å²) in [7, 11) is 0. The Balaban J connectivity index is 1.73. The first kappa shape index (κ1) is 11.6. The van der Waals surface area contributed by atoms with Crippen molar-refractivity contribution >= 4 is 23.2 Å². The lowest BCUT2D eigenvalue weighted by molar-refractivity contribution is -0.122. The van der Waals surface area contributed by atoms with Gasteiger partial charge in [0.15, 0.2) is 0 Å². The van der Waals surface area contributed by atoms with Gasteiger partial charge in [-0.2, -0.15) is 5.10 Å². The van der Waals surface area contributed by atoms with Crippen LogP contribution in [0, 0.1) is 11.8 Å². The normalized spacial score (nSPS) is 30.6. The summed E-state index contributed by atoms with van der Waals surface area (Å²) in [4.78, 5) is 23.0. The molecule has 0 bridgehead atoms. The molecule has 2 N–H and O–H groups in total. The summed E-state index contributed by atoms with van der Waals surface area (Å²) in [5.41, 5.74) is 6.67. The molecule has 1 aliphatic carbocycles. The van der Waals surface area contributed by atoms with Gasteiger partial charge in [0.2, 0.25) is 11.8 Å². The van der Waals surface area contributed by atoms with Crippen molar-refractivity contribution in [3.8, 4) is 0 Å². The third-order valence-electron chi connectivity index (χ3n) is 4.41. The second-order valence-electron chi connectivity index (χ2n) is 5.88. The van der Waals surface area contributed by atoms with Crippen LogP contribution in [0.25, 0.3) is 0 Å². The summed E-state index contributed by atoms with van der Waals surface area (Å²) >= 11 is 0. The van der Waals surface area contributed by atoms with E-state index in [9.17, 15) is 9.59 Å². The Labute approximate surface area is 116 Å². The highest BCUT2D eigenvalue weighted by atomic mass is 16.2. The minimum Gasteiger partial charge on any atom is -0.326 e. The first-order valence-corrected chi connectivity index (χ1v) is 6.95. The number of hydrogen-bond donors (Lipinski definition) is 2. The lowest BCUT2D eigenvalue weighted by Crippen LogP contribution is -2.29. The molecule has 102 valence electrons. The topological polar surface area (TPSA) is 70.6 Å². The molecule has 0 aromatic heterocycles. The zero-order valence-corrected chi connectivity index (χ0v) is 11.1. The molecule has 1 saturated carbocycles. The van der Waals surface area contributed by atoms with Gasteiger partial charge in [-0.15, -0.1) is 0 Å². The summed E-state index contributed by atoms with van der Waals surface area (Å²) < 4.78 is 0. The smallest absolute Gasteiger partial charge is 0.243 e. The van der Waals surface area contributed by atoms with Crippen LogP contribution in [0.4, 0.5) is 5.69 Å². The standard InChI is InChI=1S/C15H15N3O2/c1-7-4-13(19)16-12-3-2-8(5-9(7)12)14-10-6-11(10)15(20)18-17-14/h2-3,5,7,10-11H,4,6H2,1H3,(H,16,19)(H,18,20). The Morgan fingerprint density at radius 3 is 2.95 bits per heavy atom. The molecule has 20 heavy (non-hydrogen) atoms. The monoisotopic (exact) mass is 269 g/mol. The molecule has 3 unspecified atom stereocenters. The van der Waals surface area contributed by atoms with Crippen LogP contribution in [0.15, 0.2) is 23.3 Å². The summed E-state index contributed by atoms with van der Waals surface area (Å²) in [6.07, 6.45) is 1.42. The van der Waals surface area contributed by atoms with E-state index in [0.29, 0.717) is 6.42 Å². The van der Waals surface area contributed by atoms with Gasteiger partial charge in [0, 0.05) is 23.9 Å². The fraction of sp³-hybridized carbons (Fsp3) is 0.400. The molecule has 3 aliphatic rings. The average Bonchev–Trinajstić information content (AvgIpc) is 3.20.